The molecule has 0 aliphatic rings. The highest BCUT2D eigenvalue weighted by atomic mass is 16.7. The molecule has 0 saturated carbocycles. The van der Waals surface area contributed by atoms with Gasteiger partial charge in [0.25, 0.3) is 0 Å². The van der Waals surface area contributed by atoms with Crippen LogP contribution >= 0.6 is 0 Å². The lowest BCUT2D eigenvalue weighted by Crippen LogP contribution is -2.13. The Kier molecular flexibility index (Phi) is 3.20. The number of rotatable bonds is 3. The van der Waals surface area contributed by atoms with Crippen molar-refractivity contribution in [1.82, 2.24) is 5.06 Å². The highest BCUT2D eigenvalue weighted by Gasteiger charge is 1.94. The van der Waals surface area contributed by atoms with Crippen molar-refractivity contribution in [3.8, 4) is 0 Å². The Balaban J connectivity index is 3.68. The van der Waals surface area contributed by atoms with Crippen molar-refractivity contribution in [1.29, 1.82) is 0 Å². The highest BCUT2D eigenvalue weighted by Crippen LogP contribution is 1.89. The maximum absolute atomic E-state index is 10.2. The summed E-state index contributed by atoms with van der Waals surface area (Å²) in [7, 11) is 0. The summed E-state index contributed by atoms with van der Waals surface area (Å²) >= 11 is 0. The third kappa shape index (κ3) is 3.34. The maximum atomic E-state index is 10.2. The molecule has 3 nitrogen and oxygen atoms in total. The fraction of sp³-hybridized carbons (Fsp3) is 0.167. The quantitative estimate of drug-likeness (QED) is 0.531. The van der Waals surface area contributed by atoms with E-state index in [0.29, 0.717) is 0 Å². The van der Waals surface area contributed by atoms with Crippen LogP contribution < -0.4 is 0 Å². The zero-order valence-corrected chi connectivity index (χ0v) is 5.33. The molecule has 0 aromatic rings. The minimum Gasteiger partial charge on any atom is -0.337 e. The van der Waals surface area contributed by atoms with Gasteiger partial charge in [-0.15, -0.1) is 0 Å². The Morgan fingerprint density at radius 2 is 2.00 bits per heavy atom. The van der Waals surface area contributed by atoms with Gasteiger partial charge in [-0.25, -0.2) is 4.79 Å². The number of hydrogen-bond acceptors (Lipinski definition) is 3. The molecule has 0 N–H and O–H groups in total. The molecular weight excluding hydrogens is 118 g/mol. The Morgan fingerprint density at radius 3 is 2.11 bits per heavy atom. The van der Waals surface area contributed by atoms with E-state index in [-0.39, 0.29) is 0 Å². The Bertz CT molecular complexity index is 123. The Labute approximate surface area is 54.2 Å². The molecule has 0 fully saturated rings. The first-order chi connectivity index (χ1) is 4.20. The summed E-state index contributed by atoms with van der Waals surface area (Å²) < 4.78 is 0. The third-order valence-corrected chi connectivity index (χ3v) is 0.594. The van der Waals surface area contributed by atoms with E-state index in [2.05, 4.69) is 18.0 Å². The van der Waals surface area contributed by atoms with Crippen LogP contribution in [-0.4, -0.2) is 11.0 Å². The van der Waals surface area contributed by atoms with Crippen LogP contribution in [0.5, 0.6) is 0 Å². The molecule has 0 aliphatic heterocycles. The lowest BCUT2D eigenvalue weighted by Gasteiger charge is -2.10. The van der Waals surface area contributed by atoms with E-state index in [4.69, 9.17) is 0 Å². The second-order valence-corrected chi connectivity index (χ2v) is 1.31. The molecule has 3 heteroatoms. The zero-order chi connectivity index (χ0) is 7.28. The van der Waals surface area contributed by atoms with E-state index in [9.17, 15) is 4.79 Å². The fourth-order valence-electron chi connectivity index (χ4n) is 0.298. The van der Waals surface area contributed by atoms with Gasteiger partial charge >= 0.3 is 5.97 Å². The first-order valence-electron chi connectivity index (χ1n) is 2.42. The monoisotopic (exact) mass is 127 g/mol. The molecule has 0 saturated heterocycles. The van der Waals surface area contributed by atoms with Crippen molar-refractivity contribution in [2.24, 2.45) is 0 Å². The van der Waals surface area contributed by atoms with Crippen molar-refractivity contribution in [3.63, 3.8) is 0 Å². The van der Waals surface area contributed by atoms with Crippen LogP contribution in [0.25, 0.3) is 0 Å². The average molecular weight is 127 g/mol. The molecular formula is C6H9NO2. The van der Waals surface area contributed by atoms with Gasteiger partial charge in [0.2, 0.25) is 0 Å². The molecule has 0 radical (unpaired) electrons. The maximum Gasteiger partial charge on any atom is 0.329 e. The second kappa shape index (κ2) is 3.72. The molecule has 0 spiro atoms. The van der Waals surface area contributed by atoms with Crippen LogP contribution in [0.1, 0.15) is 6.92 Å². The van der Waals surface area contributed by atoms with Gasteiger partial charge in [-0.3, -0.25) is 0 Å². The smallest absolute Gasteiger partial charge is 0.329 e. The predicted octanol–water partition coefficient (Wildman–Crippen LogP) is 1.05. The van der Waals surface area contributed by atoms with Crippen LogP contribution in [0.3, 0.4) is 0 Å². The first kappa shape index (κ1) is 7.75. The van der Waals surface area contributed by atoms with Crippen LogP contribution in [-0.2, 0) is 9.63 Å². The van der Waals surface area contributed by atoms with Gasteiger partial charge in [0.15, 0.2) is 0 Å². The molecule has 0 aromatic heterocycles. The van der Waals surface area contributed by atoms with E-state index >= 15 is 0 Å². The van der Waals surface area contributed by atoms with Crippen LogP contribution in [0.15, 0.2) is 25.6 Å². The lowest BCUT2D eigenvalue weighted by atomic mass is 10.8. The minimum atomic E-state index is -0.394. The third-order valence-electron chi connectivity index (χ3n) is 0.594. The lowest BCUT2D eigenvalue weighted by molar-refractivity contribution is -0.166. The van der Waals surface area contributed by atoms with E-state index in [1.807, 2.05) is 0 Å². The van der Waals surface area contributed by atoms with E-state index in [1.54, 1.807) is 0 Å². The van der Waals surface area contributed by atoms with Gasteiger partial charge in [-0.05, 0) is 0 Å². The van der Waals surface area contributed by atoms with Crippen molar-refractivity contribution < 1.29 is 9.63 Å². The highest BCUT2D eigenvalue weighted by molar-refractivity contribution is 5.65. The van der Waals surface area contributed by atoms with Crippen molar-refractivity contribution in [3.05, 3.63) is 25.6 Å². The number of hydrogen-bond donors (Lipinski definition) is 0. The van der Waals surface area contributed by atoms with Gasteiger partial charge in [0.1, 0.15) is 0 Å². The minimum absolute atomic E-state index is 0.394. The molecule has 0 atom stereocenters. The molecule has 0 heterocycles. The summed E-state index contributed by atoms with van der Waals surface area (Å²) in [5.74, 6) is -0.394. The van der Waals surface area contributed by atoms with Crippen molar-refractivity contribution >= 4 is 5.97 Å². The van der Waals surface area contributed by atoms with Gasteiger partial charge < -0.3 is 4.84 Å². The van der Waals surface area contributed by atoms with Crippen LogP contribution in [0.2, 0.25) is 0 Å². The summed E-state index contributed by atoms with van der Waals surface area (Å²) in [6.45, 7) is 8.03. The largest absolute Gasteiger partial charge is 0.337 e. The summed E-state index contributed by atoms with van der Waals surface area (Å²) in [5.41, 5.74) is 0. The summed E-state index contributed by atoms with van der Waals surface area (Å²) in [6.07, 6.45) is 2.68. The number of nitrogens with zero attached hydrogens (tertiary/aromatic N) is 1. The topological polar surface area (TPSA) is 29.5 Å². The van der Waals surface area contributed by atoms with Gasteiger partial charge in [-0.1, -0.05) is 13.2 Å². The number of carbonyl (C=O) groups excluding carboxylic acids is 1. The van der Waals surface area contributed by atoms with Gasteiger partial charge in [0.05, 0.1) is 0 Å². The Hall–Kier alpha value is -1.25. The molecule has 0 amide bonds. The molecule has 0 unspecified atom stereocenters. The van der Waals surface area contributed by atoms with E-state index < -0.39 is 5.97 Å². The van der Waals surface area contributed by atoms with Crippen molar-refractivity contribution in [2.45, 2.75) is 6.92 Å². The second-order valence-electron chi connectivity index (χ2n) is 1.31. The molecule has 0 aliphatic carbocycles. The average Bonchev–Trinajstić information content (AvgIpc) is 1.82. The van der Waals surface area contributed by atoms with E-state index in [1.165, 1.54) is 19.3 Å². The van der Waals surface area contributed by atoms with Gasteiger partial charge in [-0.2, -0.15) is 5.06 Å². The first-order valence-corrected chi connectivity index (χ1v) is 2.42. The normalized spacial score (nSPS) is 7.67. The van der Waals surface area contributed by atoms with E-state index in [0.717, 1.165) is 5.06 Å². The van der Waals surface area contributed by atoms with Crippen molar-refractivity contribution in [2.75, 3.05) is 0 Å². The number of hydroxylamine groups is 2. The zero-order valence-electron chi connectivity index (χ0n) is 5.33. The SMILES string of the molecule is C=CN(C=C)OC(C)=O. The molecule has 0 rings (SSSR count). The molecule has 50 valence electrons. The fourth-order valence-corrected chi connectivity index (χ4v) is 0.298. The summed E-state index contributed by atoms with van der Waals surface area (Å²) in [5, 5.41) is 1.13. The number of carbonyl (C=O) groups is 1. The molecule has 0 bridgehead atoms. The Morgan fingerprint density at radius 1 is 1.56 bits per heavy atom. The molecule has 0 aromatic carbocycles. The van der Waals surface area contributed by atoms with Crippen LogP contribution in [0.4, 0.5) is 0 Å². The standard InChI is InChI=1S/C6H9NO2/c1-4-7(5-2)9-6(3)8/h4-5H,1-2H2,3H3. The molecule has 9 heavy (non-hydrogen) atoms. The van der Waals surface area contributed by atoms with Crippen LogP contribution in [0, 0.1) is 0 Å². The van der Waals surface area contributed by atoms with Gasteiger partial charge in [0, 0.05) is 19.3 Å². The summed E-state index contributed by atoms with van der Waals surface area (Å²) in [4.78, 5) is 14.7. The predicted molar refractivity (Wildman–Crippen MR) is 34.0 cm³/mol. The summed E-state index contributed by atoms with van der Waals surface area (Å²) in [6, 6.07) is 0.